The fraction of sp³-hybridized carbons (Fsp3) is 0.500. The van der Waals surface area contributed by atoms with Crippen molar-refractivity contribution >= 4 is 17.4 Å². The van der Waals surface area contributed by atoms with Crippen molar-refractivity contribution in [2.24, 2.45) is 11.8 Å². The highest BCUT2D eigenvalue weighted by Crippen LogP contribution is 2.40. The number of fused-ring (bicyclic) bond motifs is 3. The minimum Gasteiger partial charge on any atom is -0.452 e. The van der Waals surface area contributed by atoms with Crippen LogP contribution in [0.3, 0.4) is 0 Å². The van der Waals surface area contributed by atoms with Gasteiger partial charge in [-0.25, -0.2) is 0 Å². The number of thioether (sulfide) groups is 1. The molecule has 0 saturated carbocycles. The fourth-order valence-electron chi connectivity index (χ4n) is 3.96. The first kappa shape index (κ1) is 19.2. The third kappa shape index (κ3) is 4.02. The average molecular weight is 397 g/mol. The molecule has 1 aliphatic carbocycles. The van der Waals surface area contributed by atoms with Gasteiger partial charge in [-0.15, -0.1) is 10.2 Å². The quantitative estimate of drug-likeness (QED) is 0.406. The Bertz CT molecular complexity index is 869. The van der Waals surface area contributed by atoms with Gasteiger partial charge in [0.25, 0.3) is 0 Å². The van der Waals surface area contributed by atoms with Gasteiger partial charge in [-0.1, -0.05) is 61.9 Å². The number of para-hydroxylation sites is 1. The van der Waals surface area contributed by atoms with Gasteiger partial charge in [-0.3, -0.25) is 0 Å². The number of nitrogens with one attached hydrogen (secondary N) is 1. The maximum Gasteiger partial charge on any atom is 0.247 e. The van der Waals surface area contributed by atoms with Gasteiger partial charge in [0.2, 0.25) is 11.0 Å². The Labute approximate surface area is 171 Å². The molecule has 0 unspecified atom stereocenters. The number of hydrogen-bond acceptors (Lipinski definition) is 6. The molecule has 2 aliphatic rings. The number of unbranched alkanes of at least 4 members (excludes halogenated alkanes) is 1. The van der Waals surface area contributed by atoms with Crippen molar-refractivity contribution < 1.29 is 4.74 Å². The summed E-state index contributed by atoms with van der Waals surface area (Å²) in [6.07, 6.45) is 6.64. The molecule has 0 radical (unpaired) electrons. The number of ether oxygens (including phenoxy) is 1. The van der Waals surface area contributed by atoms with Crippen molar-refractivity contribution in [3.63, 3.8) is 0 Å². The molecule has 3 atom stereocenters. The number of hydrogen-bond donors (Lipinski definition) is 1. The Balaban J connectivity index is 1.68. The van der Waals surface area contributed by atoms with E-state index in [0.717, 1.165) is 48.4 Å². The molecule has 0 spiro atoms. The summed E-state index contributed by atoms with van der Waals surface area (Å²) < 4.78 is 6.46. The topological polar surface area (TPSA) is 59.9 Å². The number of benzene rings is 1. The van der Waals surface area contributed by atoms with Crippen LogP contribution in [0.15, 0.2) is 41.1 Å². The first-order valence-electron chi connectivity index (χ1n) is 10.2. The zero-order valence-electron chi connectivity index (χ0n) is 16.8. The molecule has 2 aromatic rings. The number of nitrogens with zero attached hydrogens (tertiary/aromatic N) is 3. The Morgan fingerprint density at radius 1 is 1.25 bits per heavy atom. The number of rotatable bonds is 5. The van der Waals surface area contributed by atoms with E-state index in [1.54, 1.807) is 11.8 Å². The number of aromatic nitrogens is 3. The van der Waals surface area contributed by atoms with E-state index >= 15 is 0 Å². The van der Waals surface area contributed by atoms with Crippen molar-refractivity contribution in [2.75, 3.05) is 11.1 Å². The monoisotopic (exact) mass is 396 g/mol. The molecule has 0 fully saturated rings. The molecule has 1 N–H and O–H groups in total. The van der Waals surface area contributed by atoms with E-state index < -0.39 is 0 Å². The highest BCUT2D eigenvalue weighted by atomic mass is 32.2. The van der Waals surface area contributed by atoms with Crippen molar-refractivity contribution in [1.82, 2.24) is 15.2 Å². The Morgan fingerprint density at radius 3 is 2.93 bits per heavy atom. The predicted molar refractivity (Wildman–Crippen MR) is 115 cm³/mol. The lowest BCUT2D eigenvalue weighted by molar-refractivity contribution is 0.114. The highest BCUT2D eigenvalue weighted by molar-refractivity contribution is 7.99. The normalized spacial score (nSPS) is 23.5. The molecule has 148 valence electrons. The second-order valence-corrected chi connectivity index (χ2v) is 8.87. The lowest BCUT2D eigenvalue weighted by Crippen LogP contribution is -2.39. The van der Waals surface area contributed by atoms with Crippen LogP contribution in [0.25, 0.3) is 11.3 Å². The van der Waals surface area contributed by atoms with Crippen LogP contribution >= 0.6 is 11.8 Å². The third-order valence-electron chi connectivity index (χ3n) is 5.59. The molecule has 1 aliphatic heterocycles. The smallest absolute Gasteiger partial charge is 0.247 e. The van der Waals surface area contributed by atoms with E-state index in [0.29, 0.717) is 22.9 Å². The van der Waals surface area contributed by atoms with Gasteiger partial charge in [0, 0.05) is 22.9 Å². The maximum absolute atomic E-state index is 6.46. The summed E-state index contributed by atoms with van der Waals surface area (Å²) in [5.41, 5.74) is 4.23. The summed E-state index contributed by atoms with van der Waals surface area (Å²) in [4.78, 5) is 4.74. The molecule has 0 saturated heterocycles. The van der Waals surface area contributed by atoms with Gasteiger partial charge in [-0.2, -0.15) is 4.98 Å². The Kier molecular flexibility index (Phi) is 5.85. The van der Waals surface area contributed by atoms with Crippen LogP contribution in [0, 0.1) is 11.8 Å². The average Bonchev–Trinajstić information content (AvgIpc) is 2.84. The van der Waals surface area contributed by atoms with Crippen LogP contribution in [0.5, 0.6) is 5.88 Å². The SMILES string of the molecule is CCCCSc1nnc2c(n1)O[C@@H]([C@@H]1CC=C(C)C[C@@H]1C)Nc1ccccc1-2. The molecule has 1 aromatic heterocycles. The van der Waals surface area contributed by atoms with Gasteiger partial charge < -0.3 is 10.1 Å². The van der Waals surface area contributed by atoms with E-state index in [9.17, 15) is 0 Å². The number of anilines is 1. The van der Waals surface area contributed by atoms with Crippen LogP contribution in [0.2, 0.25) is 0 Å². The van der Waals surface area contributed by atoms with E-state index in [1.165, 1.54) is 5.57 Å². The molecular formula is C22H28N4OS. The minimum atomic E-state index is -0.132. The molecular weight excluding hydrogens is 368 g/mol. The lowest BCUT2D eigenvalue weighted by atomic mass is 9.80. The second-order valence-electron chi connectivity index (χ2n) is 7.81. The summed E-state index contributed by atoms with van der Waals surface area (Å²) in [6.45, 7) is 6.72. The number of allylic oxidation sites excluding steroid dienone is 2. The molecule has 4 rings (SSSR count). The highest BCUT2D eigenvalue weighted by Gasteiger charge is 2.34. The van der Waals surface area contributed by atoms with Crippen LogP contribution in [0.4, 0.5) is 5.69 Å². The van der Waals surface area contributed by atoms with Crippen molar-refractivity contribution in [3.8, 4) is 17.1 Å². The summed E-state index contributed by atoms with van der Waals surface area (Å²) in [5, 5.41) is 13.2. The van der Waals surface area contributed by atoms with Gasteiger partial charge >= 0.3 is 0 Å². The Morgan fingerprint density at radius 2 is 2.11 bits per heavy atom. The summed E-state index contributed by atoms with van der Waals surface area (Å²) in [7, 11) is 0. The summed E-state index contributed by atoms with van der Waals surface area (Å²) >= 11 is 1.65. The van der Waals surface area contributed by atoms with Crippen LogP contribution in [-0.2, 0) is 0 Å². The van der Waals surface area contributed by atoms with E-state index in [-0.39, 0.29) is 6.23 Å². The van der Waals surface area contributed by atoms with Crippen molar-refractivity contribution in [1.29, 1.82) is 0 Å². The fourth-order valence-corrected chi connectivity index (χ4v) is 4.83. The van der Waals surface area contributed by atoms with E-state index in [4.69, 9.17) is 9.72 Å². The molecule has 2 heterocycles. The third-order valence-corrected chi connectivity index (χ3v) is 6.51. The molecule has 28 heavy (non-hydrogen) atoms. The first-order valence-corrected chi connectivity index (χ1v) is 11.2. The predicted octanol–water partition coefficient (Wildman–Crippen LogP) is 5.55. The van der Waals surface area contributed by atoms with E-state index in [2.05, 4.69) is 54.5 Å². The first-order chi connectivity index (χ1) is 13.7. The van der Waals surface area contributed by atoms with Gasteiger partial charge in [0.15, 0.2) is 11.9 Å². The molecule has 6 heteroatoms. The van der Waals surface area contributed by atoms with E-state index in [1.807, 2.05) is 12.1 Å². The zero-order valence-corrected chi connectivity index (χ0v) is 17.6. The lowest BCUT2D eigenvalue weighted by Gasteiger charge is -2.34. The summed E-state index contributed by atoms with van der Waals surface area (Å²) in [6, 6.07) is 8.20. The largest absolute Gasteiger partial charge is 0.452 e. The minimum absolute atomic E-state index is 0.132. The van der Waals surface area contributed by atoms with Crippen molar-refractivity contribution in [2.45, 2.75) is 57.8 Å². The van der Waals surface area contributed by atoms with Crippen LogP contribution in [-0.4, -0.2) is 27.2 Å². The van der Waals surface area contributed by atoms with Crippen molar-refractivity contribution in [3.05, 3.63) is 35.9 Å². The molecule has 0 bridgehead atoms. The maximum atomic E-state index is 6.46. The second kappa shape index (κ2) is 8.52. The zero-order chi connectivity index (χ0) is 19.5. The molecule has 5 nitrogen and oxygen atoms in total. The summed E-state index contributed by atoms with van der Waals surface area (Å²) in [5.74, 6) is 2.52. The van der Waals surface area contributed by atoms with Gasteiger partial charge in [-0.05, 0) is 38.2 Å². The van der Waals surface area contributed by atoms with Crippen LogP contribution < -0.4 is 10.1 Å². The molecule has 1 aromatic carbocycles. The van der Waals surface area contributed by atoms with Gasteiger partial charge in [0.05, 0.1) is 0 Å². The van der Waals surface area contributed by atoms with Crippen LogP contribution in [0.1, 0.15) is 46.5 Å². The molecule has 0 amide bonds. The standard InChI is InChI=1S/C22H28N4OS/c1-4-5-12-28-22-24-21-19(25-26-22)17-8-6-7-9-18(17)23-20(27-21)16-11-10-14(2)13-15(16)3/h6-10,15-16,20,23H,4-5,11-13H2,1-3H3/t15-,16+,20-/m0/s1. The van der Waals surface area contributed by atoms with Gasteiger partial charge in [0.1, 0.15) is 0 Å². The Hall–Kier alpha value is -2.08.